The minimum absolute atomic E-state index is 0.151. The summed E-state index contributed by atoms with van der Waals surface area (Å²) in [5.74, 6) is 4.37. The molecule has 2 aromatic rings. The summed E-state index contributed by atoms with van der Waals surface area (Å²) >= 11 is 0. The predicted molar refractivity (Wildman–Crippen MR) is 77.3 cm³/mol. The second-order valence-electron chi connectivity index (χ2n) is 4.56. The van der Waals surface area contributed by atoms with Crippen LogP contribution in [0.3, 0.4) is 0 Å². The smallest absolute Gasteiger partial charge is 0.422 e. The van der Waals surface area contributed by atoms with Crippen LogP contribution in [-0.2, 0) is 0 Å². The number of ether oxygens (including phenoxy) is 1. The van der Waals surface area contributed by atoms with Gasteiger partial charge >= 0.3 is 6.18 Å². The second-order valence-corrected chi connectivity index (χ2v) is 4.56. The van der Waals surface area contributed by atoms with Gasteiger partial charge < -0.3 is 10.5 Å². The maximum atomic E-state index is 12.1. The quantitative estimate of drug-likeness (QED) is 0.344. The number of alkyl halides is 3. The van der Waals surface area contributed by atoms with E-state index in [9.17, 15) is 18.0 Å². The number of hydrogen-bond acceptors (Lipinski definition) is 5. The molecule has 0 aliphatic carbocycles. The van der Waals surface area contributed by atoms with Crippen molar-refractivity contribution >= 4 is 11.6 Å². The predicted octanol–water partition coefficient (Wildman–Crippen LogP) is 1.88. The molecule has 0 fully saturated rings. The van der Waals surface area contributed by atoms with E-state index in [4.69, 9.17) is 11.6 Å². The topological polar surface area (TPSA) is 103 Å². The Balaban J connectivity index is 2.21. The number of nitrogens with one attached hydrogen (secondary N) is 1. The van der Waals surface area contributed by atoms with Gasteiger partial charge in [-0.15, -0.1) is 0 Å². The molecule has 2 rings (SSSR count). The SMILES string of the molecule is NNC(=O)c1cc(-c2ccc(OCC(F)(F)F)nc2)ccc1N. The minimum atomic E-state index is -4.43. The van der Waals surface area contributed by atoms with Crippen molar-refractivity contribution in [1.82, 2.24) is 10.4 Å². The molecule has 0 saturated carbocycles. The number of nitrogen functional groups attached to an aromatic ring is 2. The van der Waals surface area contributed by atoms with Gasteiger partial charge in [-0.05, 0) is 23.8 Å². The van der Waals surface area contributed by atoms with Crippen molar-refractivity contribution < 1.29 is 22.7 Å². The summed E-state index contributed by atoms with van der Waals surface area (Å²) in [7, 11) is 0. The van der Waals surface area contributed by atoms with E-state index < -0.39 is 18.7 Å². The van der Waals surface area contributed by atoms with E-state index in [2.05, 4.69) is 9.72 Å². The van der Waals surface area contributed by atoms with E-state index >= 15 is 0 Å². The van der Waals surface area contributed by atoms with Gasteiger partial charge in [0.1, 0.15) is 0 Å². The van der Waals surface area contributed by atoms with Crippen molar-refractivity contribution in [3.8, 4) is 17.0 Å². The summed E-state index contributed by atoms with van der Waals surface area (Å²) in [5, 5.41) is 0. The first-order valence-electron chi connectivity index (χ1n) is 6.36. The van der Waals surface area contributed by atoms with Gasteiger partial charge in [-0.2, -0.15) is 13.2 Å². The van der Waals surface area contributed by atoms with E-state index in [0.717, 1.165) is 0 Å². The largest absolute Gasteiger partial charge is 0.468 e. The molecule has 0 aliphatic heterocycles. The Morgan fingerprint density at radius 1 is 1.22 bits per heavy atom. The molecule has 122 valence electrons. The van der Waals surface area contributed by atoms with Crippen molar-refractivity contribution in [2.75, 3.05) is 12.3 Å². The zero-order valence-electron chi connectivity index (χ0n) is 11.7. The number of pyridine rings is 1. The van der Waals surface area contributed by atoms with Gasteiger partial charge in [0, 0.05) is 23.5 Å². The first-order valence-corrected chi connectivity index (χ1v) is 6.36. The van der Waals surface area contributed by atoms with Crippen LogP contribution in [-0.4, -0.2) is 23.7 Å². The van der Waals surface area contributed by atoms with Crippen LogP contribution in [0.15, 0.2) is 36.5 Å². The summed E-state index contributed by atoms with van der Waals surface area (Å²) in [6.45, 7) is -1.41. The number of halogens is 3. The molecule has 1 aromatic carbocycles. The maximum absolute atomic E-state index is 12.1. The molecular weight excluding hydrogens is 313 g/mol. The monoisotopic (exact) mass is 326 g/mol. The molecule has 0 spiro atoms. The van der Waals surface area contributed by atoms with E-state index in [-0.39, 0.29) is 17.1 Å². The average Bonchev–Trinajstić information content (AvgIpc) is 2.52. The Morgan fingerprint density at radius 3 is 2.48 bits per heavy atom. The lowest BCUT2D eigenvalue weighted by Crippen LogP contribution is -2.30. The van der Waals surface area contributed by atoms with Crippen LogP contribution in [0.1, 0.15) is 10.4 Å². The van der Waals surface area contributed by atoms with Crippen molar-refractivity contribution in [2.24, 2.45) is 5.84 Å². The highest BCUT2D eigenvalue weighted by Crippen LogP contribution is 2.25. The summed E-state index contributed by atoms with van der Waals surface area (Å²) in [6, 6.07) is 7.50. The standard InChI is InChI=1S/C14H13F3N4O2/c15-14(16,17)7-23-12-4-2-9(6-20-12)8-1-3-11(18)10(5-8)13(22)21-19/h1-6H,7,18-19H2,(H,21,22). The third-order valence-corrected chi connectivity index (χ3v) is 2.88. The third kappa shape index (κ3) is 4.33. The van der Waals surface area contributed by atoms with E-state index in [1.165, 1.54) is 30.5 Å². The number of benzene rings is 1. The van der Waals surface area contributed by atoms with Gasteiger partial charge in [0.05, 0.1) is 5.56 Å². The van der Waals surface area contributed by atoms with Gasteiger partial charge in [-0.3, -0.25) is 10.2 Å². The van der Waals surface area contributed by atoms with Gasteiger partial charge in [0.15, 0.2) is 6.61 Å². The summed E-state index contributed by atoms with van der Waals surface area (Å²) in [4.78, 5) is 15.4. The first kappa shape index (κ1) is 16.6. The Labute approximate surface area is 129 Å². The molecule has 23 heavy (non-hydrogen) atoms. The zero-order chi connectivity index (χ0) is 17.0. The van der Waals surface area contributed by atoms with Gasteiger partial charge in [0.2, 0.25) is 5.88 Å². The van der Waals surface area contributed by atoms with Crippen molar-refractivity contribution in [2.45, 2.75) is 6.18 Å². The van der Waals surface area contributed by atoms with Gasteiger partial charge in [-0.1, -0.05) is 6.07 Å². The van der Waals surface area contributed by atoms with E-state index in [1.807, 2.05) is 5.43 Å². The highest BCUT2D eigenvalue weighted by Gasteiger charge is 2.28. The van der Waals surface area contributed by atoms with Crippen LogP contribution >= 0.6 is 0 Å². The number of rotatable bonds is 4. The Morgan fingerprint density at radius 2 is 1.91 bits per heavy atom. The van der Waals surface area contributed by atoms with Gasteiger partial charge in [0.25, 0.3) is 5.91 Å². The number of hydrazine groups is 1. The van der Waals surface area contributed by atoms with Crippen LogP contribution < -0.4 is 21.7 Å². The first-order chi connectivity index (χ1) is 10.8. The van der Waals surface area contributed by atoms with Crippen molar-refractivity contribution in [3.05, 3.63) is 42.1 Å². The molecule has 0 radical (unpaired) electrons. The second kappa shape index (κ2) is 6.53. The molecule has 5 N–H and O–H groups in total. The fourth-order valence-corrected chi connectivity index (χ4v) is 1.80. The Hall–Kier alpha value is -2.81. The number of aromatic nitrogens is 1. The highest BCUT2D eigenvalue weighted by atomic mass is 19.4. The van der Waals surface area contributed by atoms with Crippen molar-refractivity contribution in [3.63, 3.8) is 0 Å². The van der Waals surface area contributed by atoms with Crippen molar-refractivity contribution in [1.29, 1.82) is 0 Å². The minimum Gasteiger partial charge on any atom is -0.468 e. The number of hydrogen-bond donors (Lipinski definition) is 3. The Kier molecular flexibility index (Phi) is 4.70. The lowest BCUT2D eigenvalue weighted by molar-refractivity contribution is -0.154. The maximum Gasteiger partial charge on any atom is 0.422 e. The van der Waals surface area contributed by atoms with Gasteiger partial charge in [-0.25, -0.2) is 10.8 Å². The van der Waals surface area contributed by atoms with Crippen LogP contribution in [0.5, 0.6) is 5.88 Å². The fourth-order valence-electron chi connectivity index (χ4n) is 1.80. The van der Waals surface area contributed by atoms with Crippen LogP contribution in [0.4, 0.5) is 18.9 Å². The van der Waals surface area contributed by atoms with Crippen LogP contribution in [0, 0.1) is 0 Å². The summed E-state index contributed by atoms with van der Waals surface area (Å²) in [6.07, 6.45) is -3.09. The van der Waals surface area contributed by atoms with Crippen LogP contribution in [0.2, 0.25) is 0 Å². The third-order valence-electron chi connectivity index (χ3n) is 2.88. The molecule has 0 saturated heterocycles. The molecule has 1 aromatic heterocycles. The molecule has 0 unspecified atom stereocenters. The average molecular weight is 326 g/mol. The molecule has 1 amide bonds. The number of carbonyl (C=O) groups excluding carboxylic acids is 1. The number of nitrogens with zero attached hydrogens (tertiary/aromatic N) is 1. The number of amides is 1. The lowest BCUT2D eigenvalue weighted by Gasteiger charge is -2.10. The normalized spacial score (nSPS) is 11.1. The number of nitrogens with two attached hydrogens (primary N) is 2. The molecular formula is C14H13F3N4O2. The lowest BCUT2D eigenvalue weighted by atomic mass is 10.0. The highest BCUT2D eigenvalue weighted by molar-refractivity contribution is 6.00. The number of carbonyl (C=O) groups is 1. The molecule has 1 heterocycles. The van der Waals surface area contributed by atoms with E-state index in [1.54, 1.807) is 6.07 Å². The Bertz CT molecular complexity index is 702. The number of anilines is 1. The summed E-state index contributed by atoms with van der Waals surface area (Å²) < 4.78 is 40.7. The molecule has 9 heteroatoms. The molecule has 0 bridgehead atoms. The molecule has 0 atom stereocenters. The van der Waals surface area contributed by atoms with E-state index in [0.29, 0.717) is 11.1 Å². The van der Waals surface area contributed by atoms with Crippen LogP contribution in [0.25, 0.3) is 11.1 Å². The zero-order valence-corrected chi connectivity index (χ0v) is 11.7. The molecule has 0 aliphatic rings. The summed E-state index contributed by atoms with van der Waals surface area (Å²) in [5.41, 5.74) is 9.28. The fraction of sp³-hybridized carbons (Fsp3) is 0.143. The molecule has 6 nitrogen and oxygen atoms in total.